The molecule has 1 heterocycles. The smallest absolute Gasteiger partial charge is 0.459 e. The van der Waals surface area contributed by atoms with Gasteiger partial charge in [-0.25, -0.2) is 8.78 Å². The van der Waals surface area contributed by atoms with Crippen molar-refractivity contribution in [3.05, 3.63) is 27.8 Å². The summed E-state index contributed by atoms with van der Waals surface area (Å²) in [7, 11) is 3.82. The SMILES string of the molecule is CC(C)N1CCC(F)(F)C1.[CH2-]CCN([CH2-])C(C)C.[CH2-]CN(C[CH2-])C(C)C.[W+2].[W+2]. The van der Waals surface area contributed by atoms with E-state index in [4.69, 9.17) is 0 Å². The van der Waals surface area contributed by atoms with Crippen LogP contribution >= 0.6 is 0 Å². The summed E-state index contributed by atoms with van der Waals surface area (Å²) in [4.78, 5) is 6.03. The number of nitrogens with zero attached hydrogens (tertiary/aromatic N) is 3. The van der Waals surface area contributed by atoms with Crippen molar-refractivity contribution in [1.82, 2.24) is 14.7 Å². The largest absolute Gasteiger partial charge is 2.00 e. The Morgan fingerprint density at radius 2 is 1.39 bits per heavy atom. The number of halogens is 2. The first kappa shape index (κ1) is 36.5. The molecule has 1 fully saturated rings. The first-order valence-electron chi connectivity index (χ1n) is 9.72. The number of alkyl halides is 2. The zero-order valence-corrected chi connectivity index (χ0v) is 24.8. The molecule has 0 saturated carbocycles. The molecule has 0 atom stereocenters. The molecule has 1 saturated heterocycles. The molecular weight excluding hydrogens is 700 g/mol. The minimum absolute atomic E-state index is 0. The molecule has 3 nitrogen and oxygen atoms in total. The predicted octanol–water partition coefficient (Wildman–Crippen LogP) is 4.81. The molecule has 1 aliphatic heterocycles. The fourth-order valence-corrected chi connectivity index (χ4v) is 2.29. The fraction of sp³-hybridized carbons (Fsp3) is 0.810. The maximum atomic E-state index is 12.5. The Morgan fingerprint density at radius 1 is 0.929 bits per heavy atom. The molecule has 0 N–H and O–H groups in total. The second-order valence-electron chi connectivity index (χ2n) is 7.56. The first-order chi connectivity index (χ1) is 11.9. The van der Waals surface area contributed by atoms with Crippen LogP contribution in [0.2, 0.25) is 0 Å². The van der Waals surface area contributed by atoms with Gasteiger partial charge in [0.1, 0.15) is 0 Å². The van der Waals surface area contributed by atoms with Gasteiger partial charge in [0.25, 0.3) is 5.92 Å². The van der Waals surface area contributed by atoms with Gasteiger partial charge < -0.3 is 30.6 Å². The summed E-state index contributed by atoms with van der Waals surface area (Å²) in [5.74, 6) is -2.43. The van der Waals surface area contributed by atoms with Crippen molar-refractivity contribution < 1.29 is 50.9 Å². The predicted molar refractivity (Wildman–Crippen MR) is 111 cm³/mol. The van der Waals surface area contributed by atoms with Gasteiger partial charge in [-0.15, -0.1) is 13.1 Å². The van der Waals surface area contributed by atoms with Gasteiger partial charge in [0.15, 0.2) is 0 Å². The van der Waals surface area contributed by atoms with Gasteiger partial charge in [-0.2, -0.15) is 6.42 Å². The maximum absolute atomic E-state index is 12.5. The molecule has 0 unspecified atom stereocenters. The minimum Gasteiger partial charge on any atom is -0.459 e. The molecule has 0 aliphatic carbocycles. The normalized spacial score (nSPS) is 15.8. The van der Waals surface area contributed by atoms with Crippen molar-refractivity contribution in [3.63, 3.8) is 0 Å². The zero-order chi connectivity index (χ0) is 20.9. The number of hydrogen-bond donors (Lipinski definition) is 0. The van der Waals surface area contributed by atoms with E-state index in [1.807, 2.05) is 18.7 Å². The van der Waals surface area contributed by atoms with Crippen LogP contribution < -0.4 is 0 Å². The summed E-state index contributed by atoms with van der Waals surface area (Å²) in [5.41, 5.74) is 0. The van der Waals surface area contributed by atoms with Crippen LogP contribution in [-0.4, -0.2) is 71.5 Å². The van der Waals surface area contributed by atoms with Crippen molar-refractivity contribution in [2.45, 2.75) is 78.4 Å². The van der Waals surface area contributed by atoms with Crippen LogP contribution in [0.1, 0.15) is 54.4 Å². The number of rotatable bonds is 7. The summed E-state index contributed by atoms with van der Waals surface area (Å²) in [5, 5.41) is 0. The van der Waals surface area contributed by atoms with Crippen molar-refractivity contribution in [2.24, 2.45) is 0 Å². The molecule has 0 amide bonds. The van der Waals surface area contributed by atoms with Crippen LogP contribution in [0.3, 0.4) is 0 Å². The summed E-state index contributed by atoms with van der Waals surface area (Å²) < 4.78 is 25.0. The number of hydrogen-bond acceptors (Lipinski definition) is 3. The molecule has 1 rings (SSSR count). The third-order valence-electron chi connectivity index (χ3n) is 4.41. The van der Waals surface area contributed by atoms with Crippen LogP contribution in [0.25, 0.3) is 0 Å². The van der Waals surface area contributed by atoms with Crippen LogP contribution in [0, 0.1) is 27.8 Å². The Hall–Kier alpha value is 1.12. The quantitative estimate of drug-likeness (QED) is 0.347. The van der Waals surface area contributed by atoms with E-state index in [2.05, 4.69) is 60.4 Å². The molecule has 0 spiro atoms. The second kappa shape index (κ2) is 20.0. The van der Waals surface area contributed by atoms with E-state index in [1.54, 1.807) is 4.90 Å². The van der Waals surface area contributed by atoms with Crippen molar-refractivity contribution in [3.8, 4) is 0 Å². The molecular formula is C21H43F2N3W2. The monoisotopic (exact) mass is 743 g/mol. The zero-order valence-electron chi connectivity index (χ0n) is 18.9. The van der Waals surface area contributed by atoms with Crippen LogP contribution in [0.15, 0.2) is 0 Å². The summed E-state index contributed by atoms with van der Waals surface area (Å²) in [6.07, 6.45) is 0.979. The van der Waals surface area contributed by atoms with Crippen LogP contribution in [0.5, 0.6) is 0 Å². The molecule has 0 bridgehead atoms. The third-order valence-corrected chi connectivity index (χ3v) is 4.41. The molecule has 0 radical (unpaired) electrons. The molecule has 7 heteroatoms. The molecule has 0 aromatic heterocycles. The Bertz CT molecular complexity index is 327. The average Bonchev–Trinajstić information content (AvgIpc) is 2.90. The second-order valence-corrected chi connectivity index (χ2v) is 7.56. The van der Waals surface area contributed by atoms with Gasteiger partial charge in [0.2, 0.25) is 0 Å². The van der Waals surface area contributed by atoms with E-state index in [9.17, 15) is 8.78 Å². The summed E-state index contributed by atoms with van der Waals surface area (Å²) >= 11 is 0. The number of likely N-dealkylation sites (tertiary alicyclic amines) is 1. The van der Waals surface area contributed by atoms with Gasteiger partial charge in [0, 0.05) is 19.0 Å². The van der Waals surface area contributed by atoms with Crippen LogP contribution in [-0.2, 0) is 42.1 Å². The standard InChI is InChI=1S/C7H13F2N.2C7H15N.2W/c1-6(2)10-4-3-7(8,9)5-10;1-5-6-8(4)7(2)3;1-5-8(6-2)7(3)4;;/h6H,3-5H2,1-2H3;7H,1,4-6H2,2-3H3;7H,1-2,5-6H2,3-4H3;;/q;2*-2;2*+2. The third kappa shape index (κ3) is 19.1. The topological polar surface area (TPSA) is 9.72 Å². The molecule has 168 valence electrons. The van der Waals surface area contributed by atoms with E-state index < -0.39 is 5.92 Å². The van der Waals surface area contributed by atoms with Gasteiger partial charge in [0.05, 0.1) is 6.54 Å². The van der Waals surface area contributed by atoms with E-state index in [0.29, 0.717) is 18.6 Å². The van der Waals surface area contributed by atoms with E-state index in [0.717, 1.165) is 26.1 Å². The minimum atomic E-state index is -2.43. The van der Waals surface area contributed by atoms with Crippen LogP contribution in [0.4, 0.5) is 8.78 Å². The Kier molecular flexibility index (Phi) is 26.1. The van der Waals surface area contributed by atoms with E-state index in [-0.39, 0.29) is 61.1 Å². The first-order valence-corrected chi connectivity index (χ1v) is 9.72. The molecule has 0 aromatic carbocycles. The molecule has 28 heavy (non-hydrogen) atoms. The Labute approximate surface area is 203 Å². The van der Waals surface area contributed by atoms with Gasteiger partial charge >= 0.3 is 42.1 Å². The van der Waals surface area contributed by atoms with E-state index in [1.165, 1.54) is 0 Å². The maximum Gasteiger partial charge on any atom is 2.00 e. The Morgan fingerprint density at radius 3 is 1.50 bits per heavy atom. The van der Waals surface area contributed by atoms with Gasteiger partial charge in [-0.1, -0.05) is 34.2 Å². The van der Waals surface area contributed by atoms with E-state index >= 15 is 0 Å². The summed E-state index contributed by atoms with van der Waals surface area (Å²) in [6.45, 7) is 26.9. The Balaban J connectivity index is -0.000000151. The molecule has 1 aliphatic rings. The fourth-order valence-electron chi connectivity index (χ4n) is 2.29. The van der Waals surface area contributed by atoms with Crippen molar-refractivity contribution >= 4 is 0 Å². The van der Waals surface area contributed by atoms with Gasteiger partial charge in [-0.3, -0.25) is 11.9 Å². The average molecular weight is 743 g/mol. The van der Waals surface area contributed by atoms with Crippen molar-refractivity contribution in [2.75, 3.05) is 32.7 Å². The summed E-state index contributed by atoms with van der Waals surface area (Å²) in [6, 6.07) is 1.40. The van der Waals surface area contributed by atoms with Crippen molar-refractivity contribution in [1.29, 1.82) is 0 Å². The van der Waals surface area contributed by atoms with Gasteiger partial charge in [-0.05, 0) is 25.9 Å². The molecule has 0 aromatic rings.